The number of fused-ring (bicyclic) bond motifs is 1. The van der Waals surface area contributed by atoms with E-state index in [0.717, 1.165) is 5.39 Å². The Hall–Kier alpha value is -2.19. The fourth-order valence-corrected chi connectivity index (χ4v) is 2.10. The number of carbonyl (C=O) groups is 1. The Morgan fingerprint density at radius 2 is 2.00 bits per heavy atom. The van der Waals surface area contributed by atoms with Crippen LogP contribution in [0.2, 0.25) is 0 Å². The standard InChI is InChI=1S/C12H14N4O3S/c13-9-7-11(12(17)15-5-6-20(14,18)19)16-10-4-2-1-3-8(9)10/h1-4,7H,5-6H2,(H2,13,16)(H,15,17)(H2,14,18,19). The van der Waals surface area contributed by atoms with Gasteiger partial charge in [0.25, 0.3) is 5.91 Å². The number of hydrogen-bond donors (Lipinski definition) is 3. The number of aromatic nitrogens is 1. The van der Waals surface area contributed by atoms with Crippen molar-refractivity contribution in [2.75, 3.05) is 18.0 Å². The Kier molecular flexibility index (Phi) is 3.86. The van der Waals surface area contributed by atoms with Gasteiger partial charge in [0.2, 0.25) is 10.0 Å². The molecule has 1 amide bonds. The molecule has 0 radical (unpaired) electrons. The second-order valence-electron chi connectivity index (χ2n) is 4.24. The summed E-state index contributed by atoms with van der Waals surface area (Å²) in [5.74, 6) is -0.826. The van der Waals surface area contributed by atoms with Gasteiger partial charge in [-0.1, -0.05) is 18.2 Å². The number of nitrogen functional groups attached to an aromatic ring is 1. The highest BCUT2D eigenvalue weighted by molar-refractivity contribution is 7.89. The van der Waals surface area contributed by atoms with Gasteiger partial charge in [0.15, 0.2) is 0 Å². The lowest BCUT2D eigenvalue weighted by atomic mass is 10.1. The van der Waals surface area contributed by atoms with Crippen molar-refractivity contribution in [1.29, 1.82) is 0 Å². The number of nitrogens with one attached hydrogen (secondary N) is 1. The number of sulfonamides is 1. The van der Waals surface area contributed by atoms with Gasteiger partial charge in [-0.15, -0.1) is 0 Å². The van der Waals surface area contributed by atoms with Gasteiger partial charge in [0.1, 0.15) is 5.69 Å². The molecule has 0 bridgehead atoms. The van der Waals surface area contributed by atoms with Crippen LogP contribution >= 0.6 is 0 Å². The van der Waals surface area contributed by atoms with E-state index in [-0.39, 0.29) is 18.0 Å². The number of para-hydroxylation sites is 1. The molecule has 5 N–H and O–H groups in total. The van der Waals surface area contributed by atoms with Crippen LogP contribution < -0.4 is 16.2 Å². The van der Waals surface area contributed by atoms with Crippen LogP contribution in [-0.2, 0) is 10.0 Å². The van der Waals surface area contributed by atoms with Gasteiger partial charge in [-0.05, 0) is 12.1 Å². The first kappa shape index (κ1) is 14.2. The summed E-state index contributed by atoms with van der Waals surface area (Å²) in [5, 5.41) is 8.03. The molecule has 1 heterocycles. The molecule has 0 unspecified atom stereocenters. The van der Waals surface area contributed by atoms with E-state index in [1.54, 1.807) is 18.2 Å². The molecule has 0 fully saturated rings. The highest BCUT2D eigenvalue weighted by Gasteiger charge is 2.11. The minimum Gasteiger partial charge on any atom is -0.398 e. The molecule has 8 heteroatoms. The lowest BCUT2D eigenvalue weighted by Gasteiger charge is -2.07. The lowest BCUT2D eigenvalue weighted by molar-refractivity contribution is 0.0951. The molecule has 2 aromatic rings. The van der Waals surface area contributed by atoms with E-state index < -0.39 is 15.9 Å². The smallest absolute Gasteiger partial charge is 0.270 e. The van der Waals surface area contributed by atoms with Crippen molar-refractivity contribution in [1.82, 2.24) is 10.3 Å². The van der Waals surface area contributed by atoms with Crippen molar-refractivity contribution in [2.24, 2.45) is 5.14 Å². The predicted molar refractivity (Wildman–Crippen MR) is 76.5 cm³/mol. The summed E-state index contributed by atoms with van der Waals surface area (Å²) in [6, 6.07) is 8.62. The summed E-state index contributed by atoms with van der Waals surface area (Å²) < 4.78 is 21.5. The number of nitrogens with two attached hydrogens (primary N) is 2. The van der Waals surface area contributed by atoms with Crippen LogP contribution in [0.4, 0.5) is 5.69 Å². The molecule has 20 heavy (non-hydrogen) atoms. The number of nitrogens with zero attached hydrogens (tertiary/aromatic N) is 1. The molecule has 0 spiro atoms. The van der Waals surface area contributed by atoms with Crippen LogP contribution in [0.3, 0.4) is 0 Å². The van der Waals surface area contributed by atoms with Crippen molar-refractivity contribution in [3.8, 4) is 0 Å². The van der Waals surface area contributed by atoms with E-state index in [4.69, 9.17) is 10.9 Å². The zero-order valence-electron chi connectivity index (χ0n) is 10.5. The van der Waals surface area contributed by atoms with E-state index in [1.807, 2.05) is 6.07 Å². The molecule has 1 aromatic heterocycles. The Morgan fingerprint density at radius 1 is 1.30 bits per heavy atom. The van der Waals surface area contributed by atoms with Crippen LogP contribution in [0.25, 0.3) is 10.9 Å². The monoisotopic (exact) mass is 294 g/mol. The summed E-state index contributed by atoms with van der Waals surface area (Å²) in [5.41, 5.74) is 7.03. The Balaban J connectivity index is 2.18. The van der Waals surface area contributed by atoms with Crippen molar-refractivity contribution in [3.05, 3.63) is 36.0 Å². The van der Waals surface area contributed by atoms with Crippen LogP contribution in [0.5, 0.6) is 0 Å². The minimum atomic E-state index is -3.60. The highest BCUT2D eigenvalue weighted by atomic mass is 32.2. The first-order valence-corrected chi connectivity index (χ1v) is 7.52. The third kappa shape index (κ3) is 3.43. The quantitative estimate of drug-likeness (QED) is 0.721. The minimum absolute atomic E-state index is 0.0773. The summed E-state index contributed by atoms with van der Waals surface area (Å²) in [4.78, 5) is 16.0. The van der Waals surface area contributed by atoms with Crippen molar-refractivity contribution in [3.63, 3.8) is 0 Å². The van der Waals surface area contributed by atoms with Gasteiger partial charge in [0, 0.05) is 17.6 Å². The fourth-order valence-electron chi connectivity index (χ4n) is 1.72. The molecule has 106 valence electrons. The molecule has 0 saturated heterocycles. The van der Waals surface area contributed by atoms with E-state index in [0.29, 0.717) is 11.2 Å². The van der Waals surface area contributed by atoms with Crippen LogP contribution in [0, 0.1) is 0 Å². The normalized spacial score (nSPS) is 11.4. The van der Waals surface area contributed by atoms with Gasteiger partial charge in [-0.25, -0.2) is 18.5 Å². The van der Waals surface area contributed by atoms with Crippen molar-refractivity contribution < 1.29 is 13.2 Å². The summed E-state index contributed by atoms with van der Waals surface area (Å²) in [6.07, 6.45) is 0. The average molecular weight is 294 g/mol. The SMILES string of the molecule is Nc1cc(C(=O)NCCS(N)(=O)=O)nc2ccccc12. The number of pyridine rings is 1. The van der Waals surface area contributed by atoms with Crippen molar-refractivity contribution in [2.45, 2.75) is 0 Å². The van der Waals surface area contributed by atoms with Gasteiger partial charge < -0.3 is 11.1 Å². The fraction of sp³-hybridized carbons (Fsp3) is 0.167. The lowest BCUT2D eigenvalue weighted by Crippen LogP contribution is -2.32. The number of primary sulfonamides is 1. The summed E-state index contributed by atoms with van der Waals surface area (Å²) in [6.45, 7) is -0.0773. The topological polar surface area (TPSA) is 128 Å². The molecule has 0 aliphatic heterocycles. The number of hydrogen-bond acceptors (Lipinski definition) is 5. The van der Waals surface area contributed by atoms with Crippen LogP contribution in [0.1, 0.15) is 10.5 Å². The number of benzene rings is 1. The molecule has 1 aromatic carbocycles. The van der Waals surface area contributed by atoms with Gasteiger partial charge >= 0.3 is 0 Å². The Labute approximate surface area is 116 Å². The molecule has 0 atom stereocenters. The molecule has 0 aliphatic carbocycles. The Bertz CT molecular complexity index is 758. The molecule has 7 nitrogen and oxygen atoms in total. The maximum Gasteiger partial charge on any atom is 0.270 e. The van der Waals surface area contributed by atoms with E-state index in [2.05, 4.69) is 10.3 Å². The third-order valence-corrected chi connectivity index (χ3v) is 3.43. The number of amides is 1. The molecule has 2 rings (SSSR count). The molecular formula is C12H14N4O3S. The molecular weight excluding hydrogens is 280 g/mol. The number of carbonyl (C=O) groups excluding carboxylic acids is 1. The molecule has 0 aliphatic rings. The second kappa shape index (κ2) is 5.43. The largest absolute Gasteiger partial charge is 0.398 e. The van der Waals surface area contributed by atoms with Crippen LogP contribution in [0.15, 0.2) is 30.3 Å². The van der Waals surface area contributed by atoms with E-state index in [1.165, 1.54) is 6.07 Å². The van der Waals surface area contributed by atoms with Gasteiger partial charge in [-0.3, -0.25) is 4.79 Å². The maximum atomic E-state index is 11.9. The highest BCUT2D eigenvalue weighted by Crippen LogP contribution is 2.19. The summed E-state index contributed by atoms with van der Waals surface area (Å²) in [7, 11) is -3.60. The zero-order chi connectivity index (χ0) is 14.8. The predicted octanol–water partition coefficient (Wildman–Crippen LogP) is -0.165. The average Bonchev–Trinajstić information content (AvgIpc) is 2.37. The zero-order valence-corrected chi connectivity index (χ0v) is 11.4. The number of rotatable bonds is 4. The first-order valence-electron chi connectivity index (χ1n) is 5.81. The third-order valence-electron chi connectivity index (χ3n) is 2.65. The Morgan fingerprint density at radius 3 is 2.70 bits per heavy atom. The second-order valence-corrected chi connectivity index (χ2v) is 5.97. The van der Waals surface area contributed by atoms with Crippen LogP contribution in [-0.4, -0.2) is 31.6 Å². The molecule has 0 saturated carbocycles. The number of anilines is 1. The van der Waals surface area contributed by atoms with Crippen molar-refractivity contribution >= 4 is 32.5 Å². The first-order chi connectivity index (χ1) is 9.37. The summed E-state index contributed by atoms with van der Waals surface area (Å²) >= 11 is 0. The van der Waals surface area contributed by atoms with Gasteiger partial charge in [0.05, 0.1) is 11.3 Å². The van der Waals surface area contributed by atoms with E-state index in [9.17, 15) is 13.2 Å². The maximum absolute atomic E-state index is 11.9. The van der Waals surface area contributed by atoms with Gasteiger partial charge in [-0.2, -0.15) is 0 Å². The van der Waals surface area contributed by atoms with E-state index >= 15 is 0 Å².